The topological polar surface area (TPSA) is 32.5 Å². The SMILES string of the molecule is NC(=S)c1cc(F)ccc1CN1CCN(C2CC2)CC1. The molecule has 2 fully saturated rings. The van der Waals surface area contributed by atoms with Crippen molar-refractivity contribution in [2.75, 3.05) is 26.2 Å². The molecule has 3 rings (SSSR count). The summed E-state index contributed by atoms with van der Waals surface area (Å²) in [5.74, 6) is -0.282. The molecule has 108 valence electrons. The summed E-state index contributed by atoms with van der Waals surface area (Å²) in [4.78, 5) is 5.25. The molecule has 1 aromatic rings. The van der Waals surface area contributed by atoms with E-state index in [1.165, 1.54) is 25.0 Å². The highest BCUT2D eigenvalue weighted by molar-refractivity contribution is 7.80. The molecule has 0 aromatic heterocycles. The van der Waals surface area contributed by atoms with Crippen molar-refractivity contribution < 1.29 is 4.39 Å². The van der Waals surface area contributed by atoms with E-state index in [4.69, 9.17) is 18.0 Å². The first kappa shape index (κ1) is 13.9. The zero-order chi connectivity index (χ0) is 14.1. The van der Waals surface area contributed by atoms with Crippen LogP contribution < -0.4 is 5.73 Å². The van der Waals surface area contributed by atoms with Gasteiger partial charge in [-0.2, -0.15) is 0 Å². The standard InChI is InChI=1S/C15H20FN3S/c16-12-2-1-11(14(9-12)15(17)20)10-18-5-7-19(8-6-18)13-3-4-13/h1-2,9,13H,3-8,10H2,(H2,17,20). The Morgan fingerprint density at radius 3 is 2.55 bits per heavy atom. The van der Waals surface area contributed by atoms with E-state index in [1.54, 1.807) is 6.07 Å². The minimum atomic E-state index is -0.282. The molecule has 2 N–H and O–H groups in total. The second-order valence-corrected chi connectivity index (χ2v) is 6.15. The summed E-state index contributed by atoms with van der Waals surface area (Å²) < 4.78 is 13.3. The lowest BCUT2D eigenvalue weighted by Gasteiger charge is -2.35. The summed E-state index contributed by atoms with van der Waals surface area (Å²) >= 11 is 5.02. The number of rotatable bonds is 4. The van der Waals surface area contributed by atoms with Gasteiger partial charge >= 0.3 is 0 Å². The molecule has 1 saturated carbocycles. The van der Waals surface area contributed by atoms with Crippen molar-refractivity contribution in [1.29, 1.82) is 0 Å². The summed E-state index contributed by atoms with van der Waals surface area (Å²) in [6, 6.07) is 5.57. The van der Waals surface area contributed by atoms with Crippen LogP contribution in [0.4, 0.5) is 4.39 Å². The predicted molar refractivity (Wildman–Crippen MR) is 82.2 cm³/mol. The molecule has 1 aromatic carbocycles. The maximum atomic E-state index is 13.3. The van der Waals surface area contributed by atoms with Gasteiger partial charge in [0.2, 0.25) is 0 Å². The Balaban J connectivity index is 1.64. The van der Waals surface area contributed by atoms with E-state index >= 15 is 0 Å². The van der Waals surface area contributed by atoms with Crippen LogP contribution in [0, 0.1) is 5.82 Å². The van der Waals surface area contributed by atoms with E-state index in [0.717, 1.165) is 44.3 Å². The van der Waals surface area contributed by atoms with Crippen LogP contribution in [-0.4, -0.2) is 47.0 Å². The van der Waals surface area contributed by atoms with Crippen LogP contribution in [0.2, 0.25) is 0 Å². The van der Waals surface area contributed by atoms with Crippen LogP contribution in [0.5, 0.6) is 0 Å². The van der Waals surface area contributed by atoms with Crippen LogP contribution in [0.1, 0.15) is 24.0 Å². The lowest BCUT2D eigenvalue weighted by Crippen LogP contribution is -2.46. The molecule has 20 heavy (non-hydrogen) atoms. The molecular weight excluding hydrogens is 273 g/mol. The Morgan fingerprint density at radius 1 is 1.25 bits per heavy atom. The van der Waals surface area contributed by atoms with Crippen molar-refractivity contribution in [3.05, 3.63) is 35.1 Å². The monoisotopic (exact) mass is 293 g/mol. The van der Waals surface area contributed by atoms with E-state index in [2.05, 4.69) is 9.80 Å². The summed E-state index contributed by atoms with van der Waals surface area (Å²) in [6.45, 7) is 5.18. The number of halogens is 1. The average Bonchev–Trinajstić information content (AvgIpc) is 3.26. The summed E-state index contributed by atoms with van der Waals surface area (Å²) in [7, 11) is 0. The van der Waals surface area contributed by atoms with Crippen LogP contribution >= 0.6 is 12.2 Å². The number of benzene rings is 1. The summed E-state index contributed by atoms with van der Waals surface area (Å²) in [5, 5.41) is 0. The smallest absolute Gasteiger partial charge is 0.123 e. The van der Waals surface area contributed by atoms with Gasteiger partial charge in [-0.25, -0.2) is 4.39 Å². The number of hydrogen-bond acceptors (Lipinski definition) is 3. The Morgan fingerprint density at radius 2 is 1.95 bits per heavy atom. The molecule has 5 heteroatoms. The molecule has 0 amide bonds. The van der Waals surface area contributed by atoms with Gasteiger partial charge in [0.1, 0.15) is 10.8 Å². The first-order valence-corrected chi connectivity index (χ1v) is 7.59. The van der Waals surface area contributed by atoms with Gasteiger partial charge in [-0.05, 0) is 30.5 Å². The fraction of sp³-hybridized carbons (Fsp3) is 0.533. The number of nitrogens with two attached hydrogens (primary N) is 1. The molecule has 0 spiro atoms. The molecule has 1 aliphatic carbocycles. The molecular formula is C15H20FN3S. The molecule has 0 radical (unpaired) electrons. The molecule has 0 unspecified atom stereocenters. The highest BCUT2D eigenvalue weighted by Crippen LogP contribution is 2.27. The van der Waals surface area contributed by atoms with Crippen molar-refractivity contribution >= 4 is 17.2 Å². The molecule has 1 heterocycles. The van der Waals surface area contributed by atoms with Gasteiger partial charge in [-0.3, -0.25) is 9.80 Å². The highest BCUT2D eigenvalue weighted by Gasteiger charge is 2.31. The normalized spacial score (nSPS) is 21.1. The molecule has 1 saturated heterocycles. The Kier molecular flexibility index (Phi) is 4.01. The van der Waals surface area contributed by atoms with Gasteiger partial charge < -0.3 is 5.73 Å². The van der Waals surface area contributed by atoms with E-state index < -0.39 is 0 Å². The zero-order valence-electron chi connectivity index (χ0n) is 11.5. The molecule has 2 aliphatic rings. The summed E-state index contributed by atoms with van der Waals surface area (Å²) in [5.41, 5.74) is 7.39. The Hall–Kier alpha value is -1.04. The van der Waals surface area contributed by atoms with Crippen molar-refractivity contribution in [1.82, 2.24) is 9.80 Å². The van der Waals surface area contributed by atoms with Gasteiger partial charge in [-0.15, -0.1) is 0 Å². The first-order valence-electron chi connectivity index (χ1n) is 7.18. The fourth-order valence-corrected chi connectivity index (χ4v) is 3.07. The van der Waals surface area contributed by atoms with Crippen molar-refractivity contribution in [3.63, 3.8) is 0 Å². The molecule has 3 nitrogen and oxygen atoms in total. The lowest BCUT2D eigenvalue weighted by atomic mass is 10.1. The second kappa shape index (κ2) is 5.76. The van der Waals surface area contributed by atoms with Crippen LogP contribution in [0.15, 0.2) is 18.2 Å². The zero-order valence-corrected chi connectivity index (χ0v) is 12.3. The maximum Gasteiger partial charge on any atom is 0.123 e. The third-order valence-corrected chi connectivity index (χ3v) is 4.42. The third-order valence-electron chi connectivity index (χ3n) is 4.20. The first-order chi connectivity index (χ1) is 9.63. The van der Waals surface area contributed by atoms with Crippen LogP contribution in [-0.2, 0) is 6.54 Å². The number of thiocarbonyl (C=S) groups is 1. The second-order valence-electron chi connectivity index (χ2n) is 5.71. The maximum absolute atomic E-state index is 13.3. The Bertz CT molecular complexity index is 508. The lowest BCUT2D eigenvalue weighted by molar-refractivity contribution is 0.121. The van der Waals surface area contributed by atoms with E-state index in [9.17, 15) is 4.39 Å². The number of hydrogen-bond donors (Lipinski definition) is 1. The minimum absolute atomic E-state index is 0.274. The van der Waals surface area contributed by atoms with Crippen LogP contribution in [0.25, 0.3) is 0 Å². The minimum Gasteiger partial charge on any atom is -0.389 e. The van der Waals surface area contributed by atoms with Crippen molar-refractivity contribution in [3.8, 4) is 0 Å². The number of piperazine rings is 1. The van der Waals surface area contributed by atoms with Crippen LogP contribution in [0.3, 0.4) is 0 Å². The average molecular weight is 293 g/mol. The molecule has 0 atom stereocenters. The quantitative estimate of drug-likeness (QED) is 0.857. The highest BCUT2D eigenvalue weighted by atomic mass is 32.1. The molecule has 1 aliphatic heterocycles. The number of nitrogens with zero attached hydrogens (tertiary/aromatic N) is 2. The van der Waals surface area contributed by atoms with Gasteiger partial charge in [0.25, 0.3) is 0 Å². The van der Waals surface area contributed by atoms with Gasteiger partial charge in [-0.1, -0.05) is 18.3 Å². The van der Waals surface area contributed by atoms with Gasteiger partial charge in [0.15, 0.2) is 0 Å². The van der Waals surface area contributed by atoms with E-state index in [-0.39, 0.29) is 10.8 Å². The largest absolute Gasteiger partial charge is 0.389 e. The van der Waals surface area contributed by atoms with Gasteiger partial charge in [0.05, 0.1) is 0 Å². The summed E-state index contributed by atoms with van der Waals surface area (Å²) in [6.07, 6.45) is 2.73. The Labute approximate surface area is 124 Å². The van der Waals surface area contributed by atoms with E-state index in [1.807, 2.05) is 0 Å². The fourth-order valence-electron chi connectivity index (χ4n) is 2.88. The molecule has 0 bridgehead atoms. The van der Waals surface area contributed by atoms with E-state index in [0.29, 0.717) is 5.56 Å². The third kappa shape index (κ3) is 3.16. The van der Waals surface area contributed by atoms with Crippen molar-refractivity contribution in [2.45, 2.75) is 25.4 Å². The predicted octanol–water partition coefficient (Wildman–Crippen LogP) is 1.74. The van der Waals surface area contributed by atoms with Gasteiger partial charge in [0, 0.05) is 44.3 Å². The van der Waals surface area contributed by atoms with Crippen molar-refractivity contribution in [2.24, 2.45) is 5.73 Å².